The Labute approximate surface area is 87.3 Å². The first-order valence-corrected chi connectivity index (χ1v) is 6.28. The van der Waals surface area contributed by atoms with E-state index in [4.69, 9.17) is 0 Å². The minimum atomic E-state index is 0.411. The van der Waals surface area contributed by atoms with Crippen LogP contribution in [0.15, 0.2) is 0 Å². The molecule has 14 heavy (non-hydrogen) atoms. The lowest BCUT2D eigenvalue weighted by Gasteiger charge is -2.31. The Bertz CT molecular complexity index is 203. The first kappa shape index (κ1) is 10.2. The van der Waals surface area contributed by atoms with E-state index in [1.54, 1.807) is 6.92 Å². The van der Waals surface area contributed by atoms with Gasteiger partial charge < -0.3 is 0 Å². The average molecular weight is 194 g/mol. The van der Waals surface area contributed by atoms with Crippen LogP contribution in [0.25, 0.3) is 0 Å². The number of Topliss-reactive ketones (excluding diaryl/α,β-unsaturated/α-hetero) is 1. The van der Waals surface area contributed by atoms with Gasteiger partial charge in [0.2, 0.25) is 0 Å². The second-order valence-electron chi connectivity index (χ2n) is 5.28. The molecular weight excluding hydrogens is 172 g/mol. The maximum atomic E-state index is 11.4. The molecule has 2 aliphatic carbocycles. The van der Waals surface area contributed by atoms with Crippen molar-refractivity contribution in [3.8, 4) is 0 Å². The average Bonchev–Trinajstić information content (AvgIpc) is 2.71. The van der Waals surface area contributed by atoms with Crippen LogP contribution >= 0.6 is 0 Å². The number of rotatable bonds is 2. The summed E-state index contributed by atoms with van der Waals surface area (Å²) in [5.74, 6) is 2.71. The van der Waals surface area contributed by atoms with Crippen LogP contribution in [0.5, 0.6) is 0 Å². The summed E-state index contributed by atoms with van der Waals surface area (Å²) in [7, 11) is 0. The molecule has 0 aromatic heterocycles. The summed E-state index contributed by atoms with van der Waals surface area (Å²) in [6.07, 6.45) is 10.8. The summed E-state index contributed by atoms with van der Waals surface area (Å²) in [5, 5.41) is 0. The molecule has 0 bridgehead atoms. The minimum absolute atomic E-state index is 0.411. The van der Waals surface area contributed by atoms with E-state index in [9.17, 15) is 4.79 Å². The summed E-state index contributed by atoms with van der Waals surface area (Å²) in [5.41, 5.74) is 0. The molecule has 2 fully saturated rings. The van der Waals surface area contributed by atoms with Gasteiger partial charge in [-0.15, -0.1) is 0 Å². The zero-order valence-electron chi connectivity index (χ0n) is 9.30. The lowest BCUT2D eigenvalue weighted by atomic mass is 9.73. The Balaban J connectivity index is 1.89. The van der Waals surface area contributed by atoms with Crippen LogP contribution < -0.4 is 0 Å². The number of hydrogen-bond acceptors (Lipinski definition) is 1. The Morgan fingerprint density at radius 3 is 2.21 bits per heavy atom. The highest BCUT2D eigenvalue weighted by atomic mass is 16.1. The van der Waals surface area contributed by atoms with E-state index in [2.05, 4.69) is 0 Å². The molecular formula is C13H22O. The van der Waals surface area contributed by atoms with Crippen molar-refractivity contribution in [3.05, 3.63) is 0 Å². The Morgan fingerprint density at radius 1 is 0.929 bits per heavy atom. The zero-order chi connectivity index (χ0) is 9.97. The number of ketones is 1. The number of carbonyl (C=O) groups excluding carboxylic acids is 1. The molecule has 2 rings (SSSR count). The SMILES string of the molecule is CC(=O)C1CCC[C@@H](C2CCCC2)C1. The Kier molecular flexibility index (Phi) is 3.25. The fourth-order valence-electron chi connectivity index (χ4n) is 3.45. The molecule has 0 aromatic rings. The van der Waals surface area contributed by atoms with E-state index in [1.165, 1.54) is 51.4 Å². The van der Waals surface area contributed by atoms with E-state index < -0.39 is 0 Å². The van der Waals surface area contributed by atoms with Crippen LogP contribution in [-0.4, -0.2) is 5.78 Å². The first-order valence-electron chi connectivity index (χ1n) is 6.28. The van der Waals surface area contributed by atoms with Gasteiger partial charge in [0.15, 0.2) is 0 Å². The lowest BCUT2D eigenvalue weighted by molar-refractivity contribution is -0.122. The van der Waals surface area contributed by atoms with Gasteiger partial charge in [0.25, 0.3) is 0 Å². The molecule has 1 heteroatoms. The van der Waals surface area contributed by atoms with Gasteiger partial charge in [-0.2, -0.15) is 0 Å². The molecule has 2 atom stereocenters. The van der Waals surface area contributed by atoms with Gasteiger partial charge in [-0.1, -0.05) is 38.5 Å². The van der Waals surface area contributed by atoms with Crippen molar-refractivity contribution in [2.75, 3.05) is 0 Å². The smallest absolute Gasteiger partial charge is 0.132 e. The largest absolute Gasteiger partial charge is 0.300 e. The molecule has 0 aliphatic heterocycles. The molecule has 0 heterocycles. The maximum absolute atomic E-state index is 11.4. The van der Waals surface area contributed by atoms with Gasteiger partial charge in [-0.3, -0.25) is 4.79 Å². The third-order valence-electron chi connectivity index (χ3n) is 4.36. The minimum Gasteiger partial charge on any atom is -0.300 e. The maximum Gasteiger partial charge on any atom is 0.132 e. The van der Waals surface area contributed by atoms with Crippen molar-refractivity contribution < 1.29 is 4.79 Å². The highest BCUT2D eigenvalue weighted by molar-refractivity contribution is 5.78. The van der Waals surface area contributed by atoms with Crippen molar-refractivity contribution in [2.45, 2.75) is 58.3 Å². The van der Waals surface area contributed by atoms with E-state index in [-0.39, 0.29) is 0 Å². The van der Waals surface area contributed by atoms with Gasteiger partial charge in [-0.05, 0) is 31.6 Å². The standard InChI is InChI=1S/C13H22O/c1-10(14)12-7-4-8-13(9-12)11-5-2-3-6-11/h11-13H,2-9H2,1H3/t12?,13-/m1/s1. The molecule has 2 aliphatic rings. The van der Waals surface area contributed by atoms with Gasteiger partial charge >= 0.3 is 0 Å². The van der Waals surface area contributed by atoms with Crippen LogP contribution in [0.1, 0.15) is 58.3 Å². The van der Waals surface area contributed by atoms with Crippen molar-refractivity contribution >= 4 is 5.78 Å². The third-order valence-corrected chi connectivity index (χ3v) is 4.36. The molecule has 2 saturated carbocycles. The first-order chi connectivity index (χ1) is 6.77. The molecule has 0 saturated heterocycles. The molecule has 0 aromatic carbocycles. The van der Waals surface area contributed by atoms with Crippen molar-refractivity contribution in [2.24, 2.45) is 17.8 Å². The van der Waals surface area contributed by atoms with Crippen LogP contribution in [0.4, 0.5) is 0 Å². The summed E-state index contributed by atoms with van der Waals surface area (Å²) in [6, 6.07) is 0. The van der Waals surface area contributed by atoms with Gasteiger partial charge in [0, 0.05) is 5.92 Å². The number of hydrogen-bond donors (Lipinski definition) is 0. The fourth-order valence-corrected chi connectivity index (χ4v) is 3.45. The fraction of sp³-hybridized carbons (Fsp3) is 0.923. The second-order valence-corrected chi connectivity index (χ2v) is 5.28. The summed E-state index contributed by atoms with van der Waals surface area (Å²) < 4.78 is 0. The third kappa shape index (κ3) is 2.18. The van der Waals surface area contributed by atoms with Gasteiger partial charge in [0.05, 0.1) is 0 Å². The lowest BCUT2D eigenvalue weighted by Crippen LogP contribution is -2.25. The molecule has 1 nitrogen and oxygen atoms in total. The molecule has 0 spiro atoms. The summed E-state index contributed by atoms with van der Waals surface area (Å²) in [6.45, 7) is 1.78. The number of carbonyl (C=O) groups is 1. The van der Waals surface area contributed by atoms with Crippen LogP contribution in [-0.2, 0) is 4.79 Å². The molecule has 0 N–H and O–H groups in total. The van der Waals surface area contributed by atoms with Gasteiger partial charge in [-0.25, -0.2) is 0 Å². The van der Waals surface area contributed by atoms with Crippen molar-refractivity contribution in [1.29, 1.82) is 0 Å². The monoisotopic (exact) mass is 194 g/mol. The molecule has 0 amide bonds. The summed E-state index contributed by atoms with van der Waals surface area (Å²) in [4.78, 5) is 11.4. The Morgan fingerprint density at radius 2 is 1.57 bits per heavy atom. The highest BCUT2D eigenvalue weighted by Crippen LogP contribution is 2.41. The van der Waals surface area contributed by atoms with E-state index in [0.29, 0.717) is 11.7 Å². The predicted octanol–water partition coefficient (Wildman–Crippen LogP) is 3.57. The predicted molar refractivity (Wildman–Crippen MR) is 58.1 cm³/mol. The quantitative estimate of drug-likeness (QED) is 0.656. The molecule has 1 unspecified atom stereocenters. The highest BCUT2D eigenvalue weighted by Gasteiger charge is 2.31. The second kappa shape index (κ2) is 4.46. The van der Waals surface area contributed by atoms with Gasteiger partial charge in [0.1, 0.15) is 5.78 Å². The zero-order valence-corrected chi connectivity index (χ0v) is 9.30. The van der Waals surface area contributed by atoms with E-state index >= 15 is 0 Å². The van der Waals surface area contributed by atoms with Crippen LogP contribution in [0, 0.1) is 17.8 Å². The molecule has 0 radical (unpaired) electrons. The molecule has 80 valence electrons. The normalized spacial score (nSPS) is 34.6. The van der Waals surface area contributed by atoms with E-state index in [0.717, 1.165) is 11.8 Å². The van der Waals surface area contributed by atoms with Crippen LogP contribution in [0.3, 0.4) is 0 Å². The summed E-state index contributed by atoms with van der Waals surface area (Å²) >= 11 is 0. The Hall–Kier alpha value is -0.330. The van der Waals surface area contributed by atoms with Crippen molar-refractivity contribution in [1.82, 2.24) is 0 Å². The van der Waals surface area contributed by atoms with Crippen LogP contribution in [0.2, 0.25) is 0 Å². The van der Waals surface area contributed by atoms with E-state index in [1.807, 2.05) is 0 Å². The topological polar surface area (TPSA) is 17.1 Å². The van der Waals surface area contributed by atoms with Crippen molar-refractivity contribution in [3.63, 3.8) is 0 Å².